The van der Waals surface area contributed by atoms with Crippen molar-refractivity contribution in [3.8, 4) is 22.4 Å². The molecule has 6 rings (SSSR count). The van der Waals surface area contributed by atoms with Crippen LogP contribution in [0.5, 0.6) is 0 Å². The summed E-state index contributed by atoms with van der Waals surface area (Å²) in [7, 11) is 2.53. The van der Waals surface area contributed by atoms with Crippen molar-refractivity contribution in [2.75, 3.05) is 34.0 Å². The van der Waals surface area contributed by atoms with Crippen molar-refractivity contribution in [2.45, 2.75) is 103 Å². The van der Waals surface area contributed by atoms with Crippen molar-refractivity contribution in [2.24, 2.45) is 23.2 Å². The zero-order valence-corrected chi connectivity index (χ0v) is 35.6. The van der Waals surface area contributed by atoms with Crippen LogP contribution in [0.3, 0.4) is 0 Å². The van der Waals surface area contributed by atoms with E-state index < -0.39 is 30.3 Å². The normalized spacial score (nSPS) is 20.8. The van der Waals surface area contributed by atoms with Crippen molar-refractivity contribution in [1.29, 1.82) is 0 Å². The van der Waals surface area contributed by atoms with Crippen LogP contribution >= 0.6 is 0 Å². The Kier molecular flexibility index (Phi) is 14.2. The van der Waals surface area contributed by atoms with Crippen molar-refractivity contribution in [3.05, 3.63) is 66.1 Å². The fourth-order valence-corrected chi connectivity index (χ4v) is 9.14. The number of aromatic nitrogens is 2. The van der Waals surface area contributed by atoms with Gasteiger partial charge in [0.05, 0.1) is 38.2 Å². The van der Waals surface area contributed by atoms with E-state index in [1.54, 1.807) is 23.2 Å². The van der Waals surface area contributed by atoms with Gasteiger partial charge in [-0.1, -0.05) is 82.6 Å². The number of ether oxygens (including phenoxy) is 3. The number of hydrogen-bond acceptors (Lipinski definition) is 10. The smallest absolute Gasteiger partial charge is 0.407 e. The molecule has 3 aromatic rings. The Morgan fingerprint density at radius 1 is 0.817 bits per heavy atom. The minimum absolute atomic E-state index is 0.00129. The van der Waals surface area contributed by atoms with Crippen LogP contribution in [0, 0.1) is 23.2 Å². The van der Waals surface area contributed by atoms with Gasteiger partial charge in [0, 0.05) is 50.0 Å². The number of nitrogens with zero attached hydrogens (tertiary/aromatic N) is 2. The van der Waals surface area contributed by atoms with E-state index in [4.69, 9.17) is 14.2 Å². The molecule has 3 amide bonds. The van der Waals surface area contributed by atoms with E-state index in [1.807, 2.05) is 64.1 Å². The third-order valence-corrected chi connectivity index (χ3v) is 12.7. The van der Waals surface area contributed by atoms with Crippen LogP contribution in [0.4, 0.5) is 9.59 Å². The lowest BCUT2D eigenvalue weighted by molar-refractivity contribution is -0.140. The summed E-state index contributed by atoms with van der Waals surface area (Å²) in [6.07, 6.45) is 4.91. The lowest BCUT2D eigenvalue weighted by Gasteiger charge is -2.34. The molecule has 14 nitrogen and oxygen atoms in total. The van der Waals surface area contributed by atoms with Crippen LogP contribution in [0.1, 0.15) is 101 Å². The number of methoxy groups -OCH3 is 2. The monoisotopic (exact) mass is 825 g/mol. The van der Waals surface area contributed by atoms with Gasteiger partial charge in [0.2, 0.25) is 5.91 Å². The van der Waals surface area contributed by atoms with Crippen molar-refractivity contribution >= 4 is 35.4 Å². The Balaban J connectivity index is 1.07. The standard InChI is InChI=1S/C46H59N5O9/c1-27(2)39(49-44(56)58-5)41(54)33-8-7-9-34(33)42-47-25-35(48-42)31-14-10-29(11-15-31)30-12-16-32(17-13-30)37(52)18-19-38(53)36-24-46(20-22-60-23-21-46)26-51(36)43(55)40(28(3)4)50-45(57)59-6/h10-17,25,27-28,33-34,36,39-40H,7-9,18-24,26H2,1-6H3,(H,47,48)(H,49,56)(H,50,57)/t33?,34-,36?,39+,40+/m1/s1. The number of benzene rings is 2. The third kappa shape index (κ3) is 9.97. The first kappa shape index (κ1) is 44.2. The second-order valence-corrected chi connectivity index (χ2v) is 17.3. The highest BCUT2D eigenvalue weighted by Crippen LogP contribution is 2.44. The van der Waals surface area contributed by atoms with Gasteiger partial charge in [0.25, 0.3) is 0 Å². The molecule has 3 fully saturated rings. The number of Topliss-reactive ketones (excluding diaryl/α,β-unsaturated/α-hetero) is 3. The van der Waals surface area contributed by atoms with Crippen LogP contribution in [-0.4, -0.2) is 102 Å². The lowest BCUT2D eigenvalue weighted by atomic mass is 9.78. The average molecular weight is 826 g/mol. The molecular formula is C46H59N5O9. The van der Waals surface area contributed by atoms with E-state index in [9.17, 15) is 28.8 Å². The number of carbonyl (C=O) groups excluding carboxylic acids is 6. The molecule has 14 heteroatoms. The van der Waals surface area contributed by atoms with E-state index in [2.05, 4.69) is 20.6 Å². The molecule has 2 aliphatic heterocycles. The third-order valence-electron chi connectivity index (χ3n) is 12.7. The predicted octanol–water partition coefficient (Wildman–Crippen LogP) is 6.89. The molecular weight excluding hydrogens is 767 g/mol. The Morgan fingerprint density at radius 3 is 2.00 bits per heavy atom. The van der Waals surface area contributed by atoms with Crippen LogP contribution < -0.4 is 10.6 Å². The van der Waals surface area contributed by atoms with E-state index in [1.165, 1.54) is 14.2 Å². The highest BCUT2D eigenvalue weighted by molar-refractivity contribution is 6.00. The number of alkyl carbamates (subject to hydrolysis) is 2. The number of amides is 3. The number of likely N-dealkylation sites (tertiary alicyclic amines) is 1. The number of carbonyl (C=O) groups is 6. The Labute approximate surface area is 351 Å². The molecule has 60 heavy (non-hydrogen) atoms. The van der Waals surface area contributed by atoms with Gasteiger partial charge >= 0.3 is 12.2 Å². The first-order valence-corrected chi connectivity index (χ1v) is 21.2. The molecule has 5 atom stereocenters. The first-order chi connectivity index (χ1) is 28.7. The second kappa shape index (κ2) is 19.3. The minimum atomic E-state index is -0.853. The topological polar surface area (TPSA) is 186 Å². The molecule has 0 radical (unpaired) electrons. The van der Waals surface area contributed by atoms with Gasteiger partial charge in [-0.3, -0.25) is 19.2 Å². The number of H-pyrrole nitrogens is 1. The number of imidazole rings is 1. The van der Waals surface area contributed by atoms with Gasteiger partial charge in [-0.05, 0) is 66.0 Å². The fourth-order valence-electron chi connectivity index (χ4n) is 9.14. The number of hydrogen-bond donors (Lipinski definition) is 3. The molecule has 1 saturated carbocycles. The molecule has 1 aliphatic carbocycles. The molecule has 2 unspecified atom stereocenters. The maximum Gasteiger partial charge on any atom is 0.407 e. The molecule has 1 spiro atoms. The lowest BCUT2D eigenvalue weighted by Crippen LogP contribution is -2.54. The molecule has 2 aromatic carbocycles. The minimum Gasteiger partial charge on any atom is -0.453 e. The van der Waals surface area contributed by atoms with Gasteiger partial charge in [0.15, 0.2) is 17.3 Å². The summed E-state index contributed by atoms with van der Waals surface area (Å²) in [5, 5.41) is 5.37. The predicted molar refractivity (Wildman–Crippen MR) is 224 cm³/mol. The molecule has 2 saturated heterocycles. The summed E-state index contributed by atoms with van der Waals surface area (Å²) >= 11 is 0. The zero-order chi connectivity index (χ0) is 43.1. The highest BCUT2D eigenvalue weighted by Gasteiger charge is 2.50. The summed E-state index contributed by atoms with van der Waals surface area (Å²) in [5.74, 6) is -0.526. The zero-order valence-electron chi connectivity index (χ0n) is 35.6. The SMILES string of the molecule is COC(=O)N[C@H](C(=O)C1CCC[C@H]1c1ncc(-c2ccc(-c3ccc(C(=O)CCC(=O)C4CC5(CCOCC5)CN4C(=O)[C@@H](NC(=O)OC)C(C)C)cc3)cc2)[nH]1)C(C)C. The van der Waals surface area contributed by atoms with E-state index in [-0.39, 0.29) is 65.2 Å². The average Bonchev–Trinajstić information content (AvgIpc) is 4.03. The summed E-state index contributed by atoms with van der Waals surface area (Å²) in [4.78, 5) is 88.6. The maximum absolute atomic E-state index is 13.9. The number of ketones is 3. The van der Waals surface area contributed by atoms with Gasteiger partial charge < -0.3 is 34.7 Å². The first-order valence-electron chi connectivity index (χ1n) is 21.2. The maximum atomic E-state index is 13.9. The number of nitrogens with one attached hydrogen (secondary N) is 3. The highest BCUT2D eigenvalue weighted by atomic mass is 16.5. The van der Waals surface area contributed by atoms with E-state index in [0.29, 0.717) is 31.7 Å². The Bertz CT molecular complexity index is 2020. The van der Waals surface area contributed by atoms with Crippen LogP contribution in [-0.2, 0) is 28.6 Å². The van der Waals surface area contributed by atoms with Crippen LogP contribution in [0.15, 0.2) is 54.7 Å². The largest absolute Gasteiger partial charge is 0.453 e. The van der Waals surface area contributed by atoms with Crippen molar-refractivity contribution in [1.82, 2.24) is 25.5 Å². The molecule has 3 heterocycles. The molecule has 3 aliphatic rings. The van der Waals surface area contributed by atoms with Crippen LogP contribution in [0.2, 0.25) is 0 Å². The molecule has 0 bridgehead atoms. The second-order valence-electron chi connectivity index (χ2n) is 17.3. The Hall–Kier alpha value is -5.37. The summed E-state index contributed by atoms with van der Waals surface area (Å²) in [6, 6.07) is 13.2. The van der Waals surface area contributed by atoms with Gasteiger partial charge in [-0.15, -0.1) is 0 Å². The number of rotatable bonds is 15. The van der Waals surface area contributed by atoms with E-state index >= 15 is 0 Å². The van der Waals surface area contributed by atoms with Gasteiger partial charge in [0.1, 0.15) is 11.9 Å². The van der Waals surface area contributed by atoms with Crippen LogP contribution in [0.25, 0.3) is 22.4 Å². The summed E-state index contributed by atoms with van der Waals surface area (Å²) in [5.41, 5.74) is 3.91. The molecule has 322 valence electrons. The van der Waals surface area contributed by atoms with E-state index in [0.717, 1.165) is 60.3 Å². The fraction of sp³-hybridized carbons (Fsp3) is 0.543. The Morgan fingerprint density at radius 2 is 1.40 bits per heavy atom. The molecule has 3 N–H and O–H groups in total. The summed E-state index contributed by atoms with van der Waals surface area (Å²) < 4.78 is 15.1. The molecule has 1 aromatic heterocycles. The summed E-state index contributed by atoms with van der Waals surface area (Å²) in [6.45, 7) is 9.01. The van der Waals surface area contributed by atoms with Gasteiger partial charge in [-0.25, -0.2) is 14.6 Å². The van der Waals surface area contributed by atoms with Crippen molar-refractivity contribution < 1.29 is 43.0 Å². The van der Waals surface area contributed by atoms with Gasteiger partial charge in [-0.2, -0.15) is 0 Å². The number of aromatic amines is 1. The van der Waals surface area contributed by atoms with Crippen molar-refractivity contribution in [3.63, 3.8) is 0 Å². The quantitative estimate of drug-likeness (QED) is 0.136.